The molecule has 0 bridgehead atoms. The van der Waals surface area contributed by atoms with E-state index in [9.17, 15) is 4.79 Å². The van der Waals surface area contributed by atoms with E-state index in [2.05, 4.69) is 24.1 Å². The summed E-state index contributed by atoms with van der Waals surface area (Å²) in [5.74, 6) is 0. The van der Waals surface area contributed by atoms with Gasteiger partial charge in [0.1, 0.15) is 0 Å². The van der Waals surface area contributed by atoms with Crippen LogP contribution in [0.1, 0.15) is 26.7 Å². The zero-order valence-electron chi connectivity index (χ0n) is 9.44. The molecule has 0 aliphatic rings. The minimum atomic E-state index is 0.0155. The molecule has 0 saturated heterocycles. The summed E-state index contributed by atoms with van der Waals surface area (Å²) in [4.78, 5) is 15.4. The SMILES string of the molecule is CCCNC(CC)Cn1cnccc1=O. The number of rotatable bonds is 6. The second-order valence-corrected chi connectivity index (χ2v) is 3.63. The first-order valence-electron chi connectivity index (χ1n) is 5.51. The Hall–Kier alpha value is -1.16. The lowest BCUT2D eigenvalue weighted by Gasteiger charge is -2.17. The Morgan fingerprint density at radius 3 is 2.93 bits per heavy atom. The Kier molecular flexibility index (Phi) is 5.04. The third-order valence-electron chi connectivity index (χ3n) is 2.39. The lowest BCUT2D eigenvalue weighted by atomic mass is 10.2. The van der Waals surface area contributed by atoms with Crippen LogP contribution in [0.4, 0.5) is 0 Å². The van der Waals surface area contributed by atoms with Crippen LogP contribution in [-0.2, 0) is 6.54 Å². The number of nitrogens with zero attached hydrogens (tertiary/aromatic N) is 2. The quantitative estimate of drug-likeness (QED) is 0.761. The molecule has 1 aromatic heterocycles. The second kappa shape index (κ2) is 6.35. The highest BCUT2D eigenvalue weighted by Gasteiger charge is 2.06. The first-order valence-corrected chi connectivity index (χ1v) is 5.51. The Labute approximate surface area is 90.3 Å². The molecule has 4 nitrogen and oxygen atoms in total. The normalized spacial score (nSPS) is 12.7. The van der Waals surface area contributed by atoms with E-state index in [0.29, 0.717) is 12.6 Å². The van der Waals surface area contributed by atoms with E-state index < -0.39 is 0 Å². The van der Waals surface area contributed by atoms with Crippen LogP contribution in [0, 0.1) is 0 Å². The van der Waals surface area contributed by atoms with Gasteiger partial charge in [0.05, 0.1) is 6.33 Å². The molecule has 15 heavy (non-hydrogen) atoms. The van der Waals surface area contributed by atoms with E-state index in [-0.39, 0.29) is 5.56 Å². The van der Waals surface area contributed by atoms with Crippen molar-refractivity contribution in [2.24, 2.45) is 0 Å². The van der Waals surface area contributed by atoms with Crippen LogP contribution in [0.3, 0.4) is 0 Å². The van der Waals surface area contributed by atoms with Crippen LogP contribution in [0.2, 0.25) is 0 Å². The molecular formula is C11H19N3O. The maximum absolute atomic E-state index is 11.4. The molecule has 0 aliphatic heterocycles. The van der Waals surface area contributed by atoms with E-state index in [0.717, 1.165) is 19.4 Å². The van der Waals surface area contributed by atoms with Crippen LogP contribution < -0.4 is 10.9 Å². The smallest absolute Gasteiger partial charge is 0.253 e. The molecule has 0 saturated carbocycles. The first kappa shape index (κ1) is 11.9. The maximum atomic E-state index is 11.4. The Morgan fingerprint density at radius 1 is 1.53 bits per heavy atom. The van der Waals surface area contributed by atoms with Crippen LogP contribution in [0.15, 0.2) is 23.4 Å². The Morgan fingerprint density at radius 2 is 2.33 bits per heavy atom. The van der Waals surface area contributed by atoms with Gasteiger partial charge in [-0.15, -0.1) is 0 Å². The lowest BCUT2D eigenvalue weighted by Crippen LogP contribution is -2.36. The average Bonchev–Trinajstić information content (AvgIpc) is 2.26. The van der Waals surface area contributed by atoms with Crippen molar-refractivity contribution in [3.05, 3.63) is 28.9 Å². The number of nitrogens with one attached hydrogen (secondary N) is 1. The predicted molar refractivity (Wildman–Crippen MR) is 60.9 cm³/mol. The highest BCUT2D eigenvalue weighted by Crippen LogP contribution is 1.94. The Balaban J connectivity index is 2.58. The van der Waals surface area contributed by atoms with E-state index in [1.807, 2.05) is 0 Å². The van der Waals surface area contributed by atoms with Gasteiger partial charge >= 0.3 is 0 Å². The molecule has 1 rings (SSSR count). The van der Waals surface area contributed by atoms with Gasteiger partial charge in [0, 0.05) is 24.8 Å². The molecule has 0 spiro atoms. The largest absolute Gasteiger partial charge is 0.312 e. The van der Waals surface area contributed by atoms with Crippen molar-refractivity contribution in [2.45, 2.75) is 39.3 Å². The molecule has 4 heteroatoms. The van der Waals surface area contributed by atoms with Gasteiger partial charge in [-0.25, -0.2) is 4.98 Å². The molecule has 1 heterocycles. The molecule has 0 fully saturated rings. The van der Waals surface area contributed by atoms with E-state index >= 15 is 0 Å². The molecule has 0 radical (unpaired) electrons. The van der Waals surface area contributed by atoms with E-state index in [1.165, 1.54) is 12.3 Å². The fourth-order valence-electron chi connectivity index (χ4n) is 1.44. The molecule has 0 aromatic carbocycles. The molecule has 0 aliphatic carbocycles. The summed E-state index contributed by atoms with van der Waals surface area (Å²) < 4.78 is 1.65. The summed E-state index contributed by atoms with van der Waals surface area (Å²) in [6.07, 6.45) is 5.25. The fraction of sp³-hybridized carbons (Fsp3) is 0.636. The number of hydrogen-bond donors (Lipinski definition) is 1. The first-order chi connectivity index (χ1) is 7.27. The van der Waals surface area contributed by atoms with Gasteiger partial charge in [-0.2, -0.15) is 0 Å². The van der Waals surface area contributed by atoms with Gasteiger partial charge in [-0.05, 0) is 19.4 Å². The van der Waals surface area contributed by atoms with Gasteiger partial charge in [-0.3, -0.25) is 9.36 Å². The highest BCUT2D eigenvalue weighted by atomic mass is 16.1. The van der Waals surface area contributed by atoms with Crippen molar-refractivity contribution < 1.29 is 0 Å². The Bertz CT molecular complexity index is 335. The molecule has 1 unspecified atom stereocenters. The molecule has 1 aromatic rings. The van der Waals surface area contributed by atoms with Crippen molar-refractivity contribution in [3.8, 4) is 0 Å². The van der Waals surface area contributed by atoms with Crippen molar-refractivity contribution in [3.63, 3.8) is 0 Å². The standard InChI is InChI=1S/C11H19N3O/c1-3-6-13-10(4-2)8-14-9-12-7-5-11(14)15/h5,7,9-10,13H,3-4,6,8H2,1-2H3. The van der Waals surface area contributed by atoms with E-state index in [1.54, 1.807) is 10.9 Å². The summed E-state index contributed by atoms with van der Waals surface area (Å²) in [5.41, 5.74) is 0.0155. The molecule has 1 N–H and O–H groups in total. The highest BCUT2D eigenvalue weighted by molar-refractivity contribution is 4.83. The summed E-state index contributed by atoms with van der Waals surface area (Å²) >= 11 is 0. The average molecular weight is 209 g/mol. The van der Waals surface area contributed by atoms with Crippen molar-refractivity contribution in [1.82, 2.24) is 14.9 Å². The second-order valence-electron chi connectivity index (χ2n) is 3.63. The van der Waals surface area contributed by atoms with Crippen LogP contribution in [0.5, 0.6) is 0 Å². The van der Waals surface area contributed by atoms with Crippen LogP contribution in [-0.4, -0.2) is 22.1 Å². The van der Waals surface area contributed by atoms with Gasteiger partial charge in [-0.1, -0.05) is 13.8 Å². The maximum Gasteiger partial charge on any atom is 0.253 e. The topological polar surface area (TPSA) is 46.9 Å². The lowest BCUT2D eigenvalue weighted by molar-refractivity contribution is 0.428. The molecular weight excluding hydrogens is 190 g/mol. The van der Waals surface area contributed by atoms with Crippen molar-refractivity contribution >= 4 is 0 Å². The summed E-state index contributed by atoms with van der Waals surface area (Å²) in [6, 6.07) is 1.85. The molecule has 84 valence electrons. The predicted octanol–water partition coefficient (Wildman–Crippen LogP) is 1.02. The zero-order valence-corrected chi connectivity index (χ0v) is 9.44. The van der Waals surface area contributed by atoms with Crippen molar-refractivity contribution in [2.75, 3.05) is 6.54 Å². The fourth-order valence-corrected chi connectivity index (χ4v) is 1.44. The monoisotopic (exact) mass is 209 g/mol. The third-order valence-corrected chi connectivity index (χ3v) is 2.39. The minimum Gasteiger partial charge on any atom is -0.312 e. The molecule has 1 atom stereocenters. The summed E-state index contributed by atoms with van der Waals surface area (Å²) in [7, 11) is 0. The van der Waals surface area contributed by atoms with Gasteiger partial charge in [0.15, 0.2) is 0 Å². The number of aromatic nitrogens is 2. The third kappa shape index (κ3) is 3.83. The zero-order chi connectivity index (χ0) is 11.1. The van der Waals surface area contributed by atoms with Gasteiger partial charge < -0.3 is 5.32 Å². The van der Waals surface area contributed by atoms with Crippen LogP contribution in [0.25, 0.3) is 0 Å². The van der Waals surface area contributed by atoms with Gasteiger partial charge in [0.2, 0.25) is 0 Å². The van der Waals surface area contributed by atoms with Crippen LogP contribution >= 0.6 is 0 Å². The minimum absolute atomic E-state index is 0.0155. The number of hydrogen-bond acceptors (Lipinski definition) is 3. The van der Waals surface area contributed by atoms with Crippen molar-refractivity contribution in [1.29, 1.82) is 0 Å². The summed E-state index contributed by atoms with van der Waals surface area (Å²) in [6.45, 7) is 5.95. The molecule has 0 amide bonds. The van der Waals surface area contributed by atoms with E-state index in [4.69, 9.17) is 0 Å². The van der Waals surface area contributed by atoms with Gasteiger partial charge in [0.25, 0.3) is 5.56 Å². The summed E-state index contributed by atoms with van der Waals surface area (Å²) in [5, 5.41) is 3.41.